The molecule has 0 unspecified atom stereocenters. The standard InChI is InChI=1S/C23H11Br2F9N2O2/c24-13-7-9(21(28,22(29,30)31)23(32,33)34)8-14(25)18(13)36-20(38)12-5-6-15(26)16(17(12)27)10-3-1-2-4-11(10)19(35)37/h1-8H,(H2,35,37)(H,36,38). The number of hydrogen-bond donors (Lipinski definition) is 2. The van der Waals surface area contributed by atoms with Crippen LogP contribution in [0.5, 0.6) is 0 Å². The molecule has 0 heterocycles. The maximum atomic E-state index is 15.3. The van der Waals surface area contributed by atoms with Crippen LogP contribution in [-0.2, 0) is 5.67 Å². The predicted octanol–water partition coefficient (Wildman–Crippen LogP) is 7.80. The molecule has 3 aromatic carbocycles. The van der Waals surface area contributed by atoms with Crippen LogP contribution in [0.25, 0.3) is 11.1 Å². The Labute approximate surface area is 224 Å². The molecule has 0 saturated heterocycles. The van der Waals surface area contributed by atoms with Gasteiger partial charge in [-0.3, -0.25) is 9.59 Å². The van der Waals surface area contributed by atoms with Gasteiger partial charge in [0.25, 0.3) is 5.91 Å². The van der Waals surface area contributed by atoms with Gasteiger partial charge in [-0.25, -0.2) is 13.2 Å². The lowest BCUT2D eigenvalue weighted by Gasteiger charge is -2.31. The molecule has 0 bridgehead atoms. The summed E-state index contributed by atoms with van der Waals surface area (Å²) >= 11 is 5.36. The van der Waals surface area contributed by atoms with E-state index in [4.69, 9.17) is 5.73 Å². The average Bonchev–Trinajstić information content (AvgIpc) is 2.79. The van der Waals surface area contributed by atoms with Crippen molar-refractivity contribution in [2.75, 3.05) is 5.32 Å². The molecule has 2 amide bonds. The van der Waals surface area contributed by atoms with Crippen molar-refractivity contribution in [1.29, 1.82) is 0 Å². The van der Waals surface area contributed by atoms with Crippen LogP contribution in [0.15, 0.2) is 57.5 Å². The van der Waals surface area contributed by atoms with Crippen LogP contribution in [-0.4, -0.2) is 24.2 Å². The first-order chi connectivity index (χ1) is 17.4. The topological polar surface area (TPSA) is 72.2 Å². The molecular weight excluding hydrogens is 667 g/mol. The lowest BCUT2D eigenvalue weighted by molar-refractivity contribution is -0.348. The Kier molecular flexibility index (Phi) is 7.95. The minimum absolute atomic E-state index is 0.150. The van der Waals surface area contributed by atoms with E-state index in [-0.39, 0.29) is 23.3 Å². The zero-order valence-electron chi connectivity index (χ0n) is 18.2. The minimum atomic E-state index is -6.39. The first-order valence-electron chi connectivity index (χ1n) is 9.92. The Morgan fingerprint density at radius 2 is 1.32 bits per heavy atom. The first-order valence-corrected chi connectivity index (χ1v) is 11.5. The Bertz CT molecular complexity index is 1400. The summed E-state index contributed by atoms with van der Waals surface area (Å²) in [5, 5.41) is 2.06. The highest BCUT2D eigenvalue weighted by atomic mass is 79.9. The summed E-state index contributed by atoms with van der Waals surface area (Å²) < 4.78 is 122. The summed E-state index contributed by atoms with van der Waals surface area (Å²) in [4.78, 5) is 24.5. The molecule has 3 aromatic rings. The van der Waals surface area contributed by atoms with Crippen LogP contribution in [0.4, 0.5) is 45.2 Å². The lowest BCUT2D eigenvalue weighted by Crippen LogP contribution is -2.50. The second-order valence-corrected chi connectivity index (χ2v) is 9.33. The monoisotopic (exact) mass is 676 g/mol. The maximum Gasteiger partial charge on any atom is 0.435 e. The van der Waals surface area contributed by atoms with Gasteiger partial charge in [0.15, 0.2) is 0 Å². The number of carbonyl (C=O) groups is 2. The molecule has 0 aliphatic heterocycles. The van der Waals surface area contributed by atoms with Crippen LogP contribution in [0.1, 0.15) is 26.3 Å². The predicted molar refractivity (Wildman–Crippen MR) is 125 cm³/mol. The normalized spacial score (nSPS) is 12.4. The zero-order chi connectivity index (χ0) is 28.8. The molecule has 0 spiro atoms. The number of nitrogens with one attached hydrogen (secondary N) is 1. The maximum absolute atomic E-state index is 15.3. The van der Waals surface area contributed by atoms with Gasteiger partial charge in [0.05, 0.1) is 16.8 Å². The number of alkyl halides is 7. The fourth-order valence-corrected chi connectivity index (χ4v) is 4.84. The largest absolute Gasteiger partial charge is 0.435 e. The molecule has 4 nitrogen and oxygen atoms in total. The van der Waals surface area contributed by atoms with Crippen molar-refractivity contribution in [2.45, 2.75) is 18.0 Å². The summed E-state index contributed by atoms with van der Waals surface area (Å²) in [6.07, 6.45) is -12.8. The van der Waals surface area contributed by atoms with Crippen LogP contribution < -0.4 is 11.1 Å². The van der Waals surface area contributed by atoms with Crippen molar-refractivity contribution in [3.63, 3.8) is 0 Å². The third-order valence-electron chi connectivity index (χ3n) is 5.26. The van der Waals surface area contributed by atoms with Crippen molar-refractivity contribution >= 4 is 49.4 Å². The molecule has 0 atom stereocenters. The number of nitrogens with two attached hydrogens (primary N) is 1. The van der Waals surface area contributed by atoms with Crippen molar-refractivity contribution in [3.8, 4) is 11.1 Å². The summed E-state index contributed by atoms with van der Waals surface area (Å²) in [6, 6.07) is 6.78. The minimum Gasteiger partial charge on any atom is -0.366 e. The number of rotatable bonds is 5. The molecule has 0 fully saturated rings. The third-order valence-corrected chi connectivity index (χ3v) is 6.51. The molecule has 3 N–H and O–H groups in total. The molecule has 0 aliphatic rings. The van der Waals surface area contributed by atoms with Crippen molar-refractivity contribution in [1.82, 2.24) is 0 Å². The van der Waals surface area contributed by atoms with Gasteiger partial charge in [-0.2, -0.15) is 26.3 Å². The van der Waals surface area contributed by atoms with E-state index in [2.05, 4.69) is 37.2 Å². The lowest BCUT2D eigenvalue weighted by atomic mass is 9.94. The van der Waals surface area contributed by atoms with Crippen LogP contribution in [0, 0.1) is 11.6 Å². The third kappa shape index (κ3) is 5.13. The van der Waals surface area contributed by atoms with Gasteiger partial charge < -0.3 is 11.1 Å². The van der Waals surface area contributed by atoms with Gasteiger partial charge in [-0.05, 0) is 62.2 Å². The fraction of sp³-hybridized carbons (Fsp3) is 0.130. The number of carbonyl (C=O) groups excluding carboxylic acids is 2. The number of primary amides is 1. The number of halogens is 11. The summed E-state index contributed by atoms with van der Waals surface area (Å²) in [6.45, 7) is 0. The Morgan fingerprint density at radius 3 is 1.82 bits per heavy atom. The van der Waals surface area contributed by atoms with E-state index in [1.165, 1.54) is 24.3 Å². The summed E-state index contributed by atoms with van der Waals surface area (Å²) in [7, 11) is 0. The van der Waals surface area contributed by atoms with E-state index in [1.54, 1.807) is 0 Å². The highest BCUT2D eigenvalue weighted by molar-refractivity contribution is 9.11. The van der Waals surface area contributed by atoms with Gasteiger partial charge in [-0.1, -0.05) is 18.2 Å². The quantitative estimate of drug-likeness (QED) is 0.271. The van der Waals surface area contributed by atoms with Crippen LogP contribution in [0.2, 0.25) is 0 Å². The SMILES string of the molecule is NC(=O)c1ccccc1-c1c(F)ccc(C(=O)Nc2c(Br)cc(C(F)(C(F)(F)F)C(F)(F)F)cc2Br)c1F. The average molecular weight is 678 g/mol. The molecule has 0 saturated carbocycles. The summed E-state index contributed by atoms with van der Waals surface area (Å²) in [5.74, 6) is -4.95. The second-order valence-electron chi connectivity index (χ2n) is 7.62. The molecule has 202 valence electrons. The van der Waals surface area contributed by atoms with E-state index in [0.29, 0.717) is 12.1 Å². The van der Waals surface area contributed by atoms with Crippen LogP contribution >= 0.6 is 31.9 Å². The fourth-order valence-electron chi connectivity index (χ4n) is 3.45. The number of benzene rings is 3. The van der Waals surface area contributed by atoms with E-state index >= 15 is 4.39 Å². The second kappa shape index (κ2) is 10.2. The zero-order valence-corrected chi connectivity index (χ0v) is 21.3. The van der Waals surface area contributed by atoms with Gasteiger partial charge in [0.2, 0.25) is 5.91 Å². The molecule has 15 heteroatoms. The Balaban J connectivity index is 2.08. The Morgan fingerprint density at radius 1 is 0.789 bits per heavy atom. The van der Waals surface area contributed by atoms with Gasteiger partial charge in [0, 0.05) is 25.6 Å². The molecular formula is C23H11Br2F9N2O2. The molecule has 3 rings (SSSR count). The van der Waals surface area contributed by atoms with E-state index in [1.807, 2.05) is 0 Å². The van der Waals surface area contributed by atoms with Crippen molar-refractivity contribution in [2.24, 2.45) is 5.73 Å². The highest BCUT2D eigenvalue weighted by Crippen LogP contribution is 2.54. The van der Waals surface area contributed by atoms with Crippen molar-refractivity contribution < 1.29 is 49.1 Å². The first kappa shape index (κ1) is 29.5. The molecule has 38 heavy (non-hydrogen) atoms. The smallest absolute Gasteiger partial charge is 0.366 e. The van der Waals surface area contributed by atoms with Crippen LogP contribution in [0.3, 0.4) is 0 Å². The number of amides is 2. The van der Waals surface area contributed by atoms with E-state index < -0.39 is 72.8 Å². The highest BCUT2D eigenvalue weighted by Gasteiger charge is 2.73. The van der Waals surface area contributed by atoms with Gasteiger partial charge in [-0.15, -0.1) is 0 Å². The summed E-state index contributed by atoms with van der Waals surface area (Å²) in [5.41, 5.74) is -5.01. The molecule has 0 radical (unpaired) electrons. The van der Waals surface area contributed by atoms with Gasteiger partial charge >= 0.3 is 18.0 Å². The van der Waals surface area contributed by atoms with E-state index in [9.17, 15) is 44.7 Å². The van der Waals surface area contributed by atoms with E-state index in [0.717, 1.165) is 0 Å². The molecule has 0 aliphatic carbocycles. The molecule has 0 aromatic heterocycles. The Hall–Kier alpha value is -3.07. The van der Waals surface area contributed by atoms with Crippen molar-refractivity contribution in [3.05, 3.63) is 85.8 Å². The number of hydrogen-bond acceptors (Lipinski definition) is 2. The number of anilines is 1. The van der Waals surface area contributed by atoms with Gasteiger partial charge in [0.1, 0.15) is 11.6 Å².